The van der Waals surface area contributed by atoms with Crippen LogP contribution in [0.3, 0.4) is 0 Å². The lowest BCUT2D eigenvalue weighted by molar-refractivity contribution is -0.129. The first kappa shape index (κ1) is 16.1. The smallest absolute Gasteiger partial charge is 0.242 e. The maximum atomic E-state index is 12.5. The van der Waals surface area contributed by atoms with Gasteiger partial charge in [0.2, 0.25) is 5.91 Å². The zero-order valence-corrected chi connectivity index (χ0v) is 13.8. The summed E-state index contributed by atoms with van der Waals surface area (Å²) in [5, 5.41) is 0. The summed E-state index contributed by atoms with van der Waals surface area (Å²) in [5.41, 5.74) is 2.29. The van der Waals surface area contributed by atoms with E-state index in [1.165, 1.54) is 5.56 Å². The Bertz CT molecular complexity index is 634. The van der Waals surface area contributed by atoms with E-state index in [4.69, 9.17) is 4.42 Å². The van der Waals surface area contributed by atoms with Crippen molar-refractivity contribution in [1.82, 2.24) is 4.90 Å². The highest BCUT2D eigenvalue weighted by Gasteiger charge is 2.16. The second-order valence-electron chi connectivity index (χ2n) is 5.56. The van der Waals surface area contributed by atoms with Crippen molar-refractivity contribution in [2.24, 2.45) is 0 Å². The molecule has 2 aromatic rings. The predicted molar refractivity (Wildman–Crippen MR) is 89.0 cm³/mol. The first-order valence-corrected chi connectivity index (χ1v) is 7.61. The van der Waals surface area contributed by atoms with Crippen molar-refractivity contribution in [3.8, 4) is 0 Å². The fraction of sp³-hybridized carbons (Fsp3) is 0.389. The molecule has 0 radical (unpaired) electrons. The Morgan fingerprint density at radius 2 is 1.86 bits per heavy atom. The molecule has 0 aliphatic rings. The number of furan rings is 1. The van der Waals surface area contributed by atoms with Gasteiger partial charge in [-0.1, -0.05) is 18.2 Å². The molecule has 1 aromatic carbocycles. The quantitative estimate of drug-likeness (QED) is 0.820. The van der Waals surface area contributed by atoms with E-state index in [2.05, 4.69) is 30.9 Å². The molecular weight excluding hydrogens is 276 g/mol. The Hall–Kier alpha value is -2.23. The summed E-state index contributed by atoms with van der Waals surface area (Å²) >= 11 is 0. The summed E-state index contributed by atoms with van der Waals surface area (Å²) in [4.78, 5) is 16.3. The van der Waals surface area contributed by atoms with E-state index in [-0.39, 0.29) is 5.91 Å². The van der Waals surface area contributed by atoms with E-state index in [9.17, 15) is 4.79 Å². The number of hydrogen-bond acceptors (Lipinski definition) is 3. The van der Waals surface area contributed by atoms with Gasteiger partial charge in [0.1, 0.15) is 11.5 Å². The normalized spacial score (nSPS) is 10.5. The molecule has 0 N–H and O–H groups in total. The van der Waals surface area contributed by atoms with Crippen molar-refractivity contribution in [3.63, 3.8) is 0 Å². The molecule has 1 aromatic heterocycles. The van der Waals surface area contributed by atoms with Crippen LogP contribution in [0.15, 0.2) is 40.8 Å². The number of carbonyl (C=O) groups excluding carboxylic acids is 1. The van der Waals surface area contributed by atoms with Crippen molar-refractivity contribution in [1.29, 1.82) is 0 Å². The van der Waals surface area contributed by atoms with Crippen LogP contribution in [0.2, 0.25) is 0 Å². The van der Waals surface area contributed by atoms with E-state index >= 15 is 0 Å². The molecule has 0 atom stereocenters. The molecule has 1 heterocycles. The highest BCUT2D eigenvalue weighted by molar-refractivity contribution is 5.81. The molecule has 0 aliphatic heterocycles. The van der Waals surface area contributed by atoms with Gasteiger partial charge in [-0.2, -0.15) is 0 Å². The number of aryl methyl sites for hydroxylation is 2. The molecule has 2 rings (SSSR count). The minimum atomic E-state index is 0.0826. The lowest BCUT2D eigenvalue weighted by Crippen LogP contribution is -2.38. The molecule has 0 saturated carbocycles. The molecule has 4 heteroatoms. The van der Waals surface area contributed by atoms with Gasteiger partial charge < -0.3 is 14.2 Å². The molecule has 0 saturated heterocycles. The second kappa shape index (κ2) is 7.16. The van der Waals surface area contributed by atoms with Gasteiger partial charge in [0.05, 0.1) is 13.1 Å². The van der Waals surface area contributed by atoms with E-state index in [0.29, 0.717) is 13.1 Å². The zero-order chi connectivity index (χ0) is 16.1. The van der Waals surface area contributed by atoms with Crippen molar-refractivity contribution in [2.45, 2.75) is 27.3 Å². The SMILES string of the molecule is CCN(CC(=O)N(C)Cc1ccc(C)o1)c1ccccc1C. The molecule has 0 bridgehead atoms. The van der Waals surface area contributed by atoms with Crippen LogP contribution in [-0.2, 0) is 11.3 Å². The molecule has 0 fully saturated rings. The summed E-state index contributed by atoms with van der Waals surface area (Å²) in [5.74, 6) is 1.76. The number of carbonyl (C=O) groups is 1. The standard InChI is InChI=1S/C18H24N2O2/c1-5-20(17-9-7-6-8-14(17)2)13-18(21)19(4)12-16-11-10-15(3)22-16/h6-11H,5,12-13H2,1-4H3. The van der Waals surface area contributed by atoms with Gasteiger partial charge in [-0.25, -0.2) is 0 Å². The highest BCUT2D eigenvalue weighted by atomic mass is 16.3. The number of hydrogen-bond donors (Lipinski definition) is 0. The van der Waals surface area contributed by atoms with Crippen LogP contribution >= 0.6 is 0 Å². The first-order valence-electron chi connectivity index (χ1n) is 7.61. The van der Waals surface area contributed by atoms with Gasteiger partial charge in [-0.15, -0.1) is 0 Å². The molecule has 22 heavy (non-hydrogen) atoms. The van der Waals surface area contributed by atoms with Crippen LogP contribution in [0.5, 0.6) is 0 Å². The average Bonchev–Trinajstić information content (AvgIpc) is 2.90. The summed E-state index contributed by atoms with van der Waals surface area (Å²) in [6.45, 7) is 7.70. The van der Waals surface area contributed by atoms with E-state index < -0.39 is 0 Å². The molecule has 4 nitrogen and oxygen atoms in total. The summed E-state index contributed by atoms with van der Waals surface area (Å²) in [6.07, 6.45) is 0. The summed E-state index contributed by atoms with van der Waals surface area (Å²) < 4.78 is 5.53. The van der Waals surface area contributed by atoms with Gasteiger partial charge in [0, 0.05) is 19.3 Å². The van der Waals surface area contributed by atoms with Crippen molar-refractivity contribution in [2.75, 3.05) is 25.0 Å². The van der Waals surface area contributed by atoms with Crippen molar-refractivity contribution >= 4 is 11.6 Å². The van der Waals surface area contributed by atoms with Gasteiger partial charge >= 0.3 is 0 Å². The minimum absolute atomic E-state index is 0.0826. The predicted octanol–water partition coefficient (Wildman–Crippen LogP) is 3.38. The number of amides is 1. The summed E-state index contributed by atoms with van der Waals surface area (Å²) in [6, 6.07) is 12.0. The Morgan fingerprint density at radius 3 is 2.45 bits per heavy atom. The van der Waals surface area contributed by atoms with Crippen LogP contribution in [-0.4, -0.2) is 30.9 Å². The van der Waals surface area contributed by atoms with Gasteiger partial charge in [-0.3, -0.25) is 4.79 Å². The molecule has 1 amide bonds. The lowest BCUT2D eigenvalue weighted by atomic mass is 10.2. The Labute approximate surface area is 132 Å². The Balaban J connectivity index is 2.01. The van der Waals surface area contributed by atoms with Crippen molar-refractivity contribution in [3.05, 3.63) is 53.5 Å². The lowest BCUT2D eigenvalue weighted by Gasteiger charge is -2.26. The molecule has 0 unspecified atom stereocenters. The van der Waals surface area contributed by atoms with E-state index in [0.717, 1.165) is 23.8 Å². The number of rotatable bonds is 6. The van der Waals surface area contributed by atoms with Gasteiger partial charge in [-0.05, 0) is 44.5 Å². The maximum Gasteiger partial charge on any atom is 0.242 e. The third-order valence-electron chi connectivity index (χ3n) is 3.78. The largest absolute Gasteiger partial charge is 0.464 e. The van der Waals surface area contributed by atoms with E-state index in [1.54, 1.807) is 4.90 Å². The monoisotopic (exact) mass is 300 g/mol. The molecular formula is C18H24N2O2. The van der Waals surface area contributed by atoms with E-state index in [1.807, 2.05) is 38.2 Å². The fourth-order valence-corrected chi connectivity index (χ4v) is 2.46. The number of nitrogens with zero attached hydrogens (tertiary/aromatic N) is 2. The average molecular weight is 300 g/mol. The molecule has 0 aliphatic carbocycles. The van der Waals surface area contributed by atoms with Crippen LogP contribution in [0.1, 0.15) is 24.0 Å². The number of benzene rings is 1. The molecule has 118 valence electrons. The van der Waals surface area contributed by atoms with Crippen LogP contribution in [0.25, 0.3) is 0 Å². The molecule has 0 spiro atoms. The van der Waals surface area contributed by atoms with Crippen LogP contribution < -0.4 is 4.90 Å². The second-order valence-corrected chi connectivity index (χ2v) is 5.56. The Morgan fingerprint density at radius 1 is 1.14 bits per heavy atom. The number of para-hydroxylation sites is 1. The number of anilines is 1. The van der Waals surface area contributed by atoms with Gasteiger partial charge in [0.25, 0.3) is 0 Å². The highest BCUT2D eigenvalue weighted by Crippen LogP contribution is 2.19. The fourth-order valence-electron chi connectivity index (χ4n) is 2.46. The zero-order valence-electron chi connectivity index (χ0n) is 13.8. The third-order valence-corrected chi connectivity index (χ3v) is 3.78. The van der Waals surface area contributed by atoms with Crippen LogP contribution in [0, 0.1) is 13.8 Å². The maximum absolute atomic E-state index is 12.5. The topological polar surface area (TPSA) is 36.7 Å². The number of likely N-dealkylation sites (N-methyl/N-ethyl adjacent to an activating group) is 2. The van der Waals surface area contributed by atoms with Crippen molar-refractivity contribution < 1.29 is 9.21 Å². The summed E-state index contributed by atoms with van der Waals surface area (Å²) in [7, 11) is 1.81. The Kier molecular flexibility index (Phi) is 5.26. The van der Waals surface area contributed by atoms with Crippen LogP contribution in [0.4, 0.5) is 5.69 Å². The van der Waals surface area contributed by atoms with Gasteiger partial charge in [0.15, 0.2) is 0 Å². The first-order chi connectivity index (χ1) is 10.5. The third kappa shape index (κ3) is 3.91. The minimum Gasteiger partial charge on any atom is -0.464 e.